The fraction of sp³-hybridized carbons (Fsp3) is 0.368. The maximum Gasteiger partial charge on any atom is 0.260 e. The van der Waals surface area contributed by atoms with E-state index in [0.29, 0.717) is 11.4 Å². The highest BCUT2D eigenvalue weighted by Crippen LogP contribution is 2.22. The van der Waals surface area contributed by atoms with Crippen molar-refractivity contribution in [1.82, 2.24) is 20.7 Å². The quantitative estimate of drug-likeness (QED) is 0.671. The van der Waals surface area contributed by atoms with Crippen molar-refractivity contribution in [3.63, 3.8) is 0 Å². The van der Waals surface area contributed by atoms with Crippen LogP contribution in [0.5, 0.6) is 5.88 Å². The summed E-state index contributed by atoms with van der Waals surface area (Å²) >= 11 is 0. The van der Waals surface area contributed by atoms with Gasteiger partial charge in [0, 0.05) is 17.8 Å². The van der Waals surface area contributed by atoms with Crippen LogP contribution < -0.4 is 20.9 Å². The molecule has 0 saturated heterocycles. The maximum atomic E-state index is 12.3. The van der Waals surface area contributed by atoms with Crippen molar-refractivity contribution in [1.29, 1.82) is 0 Å². The van der Waals surface area contributed by atoms with Gasteiger partial charge in [-0.05, 0) is 30.0 Å². The number of nitrogens with zero attached hydrogens (tertiary/aromatic N) is 2. The maximum absolute atomic E-state index is 12.3. The Morgan fingerprint density at radius 2 is 1.78 bits per heavy atom. The minimum atomic E-state index is -0.752. The van der Waals surface area contributed by atoms with Gasteiger partial charge in [0.1, 0.15) is 6.04 Å². The van der Waals surface area contributed by atoms with E-state index in [2.05, 4.69) is 46.9 Å². The molecular weight excluding hydrogens is 346 g/mol. The lowest BCUT2D eigenvalue weighted by molar-refractivity contribution is -0.122. The number of hydrogen-bond acceptors (Lipinski definition) is 6. The zero-order valence-electron chi connectivity index (χ0n) is 16.2. The van der Waals surface area contributed by atoms with Gasteiger partial charge in [0.2, 0.25) is 11.8 Å². The van der Waals surface area contributed by atoms with E-state index in [1.807, 2.05) is 12.1 Å². The molecule has 0 fully saturated rings. The lowest BCUT2D eigenvalue weighted by atomic mass is 9.86. The number of hydrazine groups is 1. The van der Waals surface area contributed by atoms with Crippen molar-refractivity contribution in [3.05, 3.63) is 47.7 Å². The molecule has 144 valence electrons. The number of methoxy groups -OCH3 is 1. The molecule has 8 heteroatoms. The molecule has 0 aliphatic rings. The molecule has 1 aromatic carbocycles. The Hall–Kier alpha value is -3.16. The number of carbonyl (C=O) groups excluding carboxylic acids is 2. The van der Waals surface area contributed by atoms with Crippen molar-refractivity contribution < 1.29 is 14.3 Å². The Balaban J connectivity index is 1.90. The van der Waals surface area contributed by atoms with Gasteiger partial charge in [-0.1, -0.05) is 32.9 Å². The van der Waals surface area contributed by atoms with Crippen LogP contribution in [0.4, 0.5) is 5.95 Å². The average molecular weight is 371 g/mol. The highest BCUT2D eigenvalue weighted by molar-refractivity contribution is 5.97. The van der Waals surface area contributed by atoms with Crippen LogP contribution in [0.15, 0.2) is 36.5 Å². The second kappa shape index (κ2) is 8.48. The second-order valence-corrected chi connectivity index (χ2v) is 7.06. The molecule has 2 amide bonds. The number of benzene rings is 1. The van der Waals surface area contributed by atoms with E-state index in [4.69, 9.17) is 4.74 Å². The molecule has 1 atom stereocenters. The Kier molecular flexibility index (Phi) is 6.33. The molecule has 2 aromatic rings. The molecule has 0 spiro atoms. The summed E-state index contributed by atoms with van der Waals surface area (Å²) in [4.78, 5) is 32.4. The highest BCUT2D eigenvalue weighted by atomic mass is 16.5. The topological polar surface area (TPSA) is 105 Å². The van der Waals surface area contributed by atoms with Crippen LogP contribution in [-0.2, 0) is 10.2 Å². The molecule has 8 nitrogen and oxygen atoms in total. The summed E-state index contributed by atoms with van der Waals surface area (Å²) in [7, 11) is 1.48. The number of amides is 2. The molecule has 0 saturated carbocycles. The van der Waals surface area contributed by atoms with Gasteiger partial charge in [-0.25, -0.2) is 4.98 Å². The van der Waals surface area contributed by atoms with E-state index in [1.165, 1.54) is 13.3 Å². The van der Waals surface area contributed by atoms with Gasteiger partial charge in [0.15, 0.2) is 0 Å². The van der Waals surface area contributed by atoms with Crippen LogP contribution in [0.25, 0.3) is 0 Å². The first kappa shape index (κ1) is 20.2. The van der Waals surface area contributed by atoms with Crippen LogP contribution in [0, 0.1) is 0 Å². The lowest BCUT2D eigenvalue weighted by Gasteiger charge is -2.19. The minimum absolute atomic E-state index is 0.00996. The third-order valence-electron chi connectivity index (χ3n) is 3.89. The summed E-state index contributed by atoms with van der Waals surface area (Å²) in [6.07, 6.45) is 1.49. The molecule has 0 radical (unpaired) electrons. The smallest absolute Gasteiger partial charge is 0.260 e. The number of carbonyl (C=O) groups is 2. The summed E-state index contributed by atoms with van der Waals surface area (Å²) in [5.41, 5.74) is 6.67. The Morgan fingerprint density at radius 1 is 1.11 bits per heavy atom. The first-order valence-corrected chi connectivity index (χ1v) is 8.55. The van der Waals surface area contributed by atoms with Crippen LogP contribution in [0.3, 0.4) is 0 Å². The van der Waals surface area contributed by atoms with E-state index in [1.54, 1.807) is 25.1 Å². The lowest BCUT2D eigenvalue weighted by Crippen LogP contribution is -2.46. The molecular formula is C19H25N5O3. The molecule has 0 aliphatic carbocycles. The summed E-state index contributed by atoms with van der Waals surface area (Å²) in [5, 5.41) is 2.66. The average Bonchev–Trinajstić information content (AvgIpc) is 2.65. The van der Waals surface area contributed by atoms with Crippen LogP contribution in [0.1, 0.15) is 43.6 Å². The molecule has 0 bridgehead atoms. The number of ether oxygens (including phenoxy) is 1. The molecule has 0 aliphatic heterocycles. The number of hydrogen-bond donors (Lipinski definition) is 3. The van der Waals surface area contributed by atoms with E-state index < -0.39 is 11.9 Å². The summed E-state index contributed by atoms with van der Waals surface area (Å²) in [6.45, 7) is 7.90. The SMILES string of the molecule is COc1ccnc(NNC(=O)C(C)NC(=O)c2ccc(C(C)(C)C)cc2)n1. The van der Waals surface area contributed by atoms with E-state index in [0.717, 1.165) is 5.56 Å². The van der Waals surface area contributed by atoms with Gasteiger partial charge in [0.25, 0.3) is 11.8 Å². The van der Waals surface area contributed by atoms with Crippen molar-refractivity contribution in [2.24, 2.45) is 0 Å². The Morgan fingerprint density at radius 3 is 2.37 bits per heavy atom. The van der Waals surface area contributed by atoms with Gasteiger partial charge in [-0.3, -0.25) is 20.4 Å². The predicted molar refractivity (Wildman–Crippen MR) is 102 cm³/mol. The molecule has 27 heavy (non-hydrogen) atoms. The van der Waals surface area contributed by atoms with Gasteiger partial charge in [0.05, 0.1) is 7.11 Å². The number of aromatic nitrogens is 2. The Bertz CT molecular complexity index is 800. The first-order chi connectivity index (χ1) is 12.7. The zero-order valence-corrected chi connectivity index (χ0v) is 16.2. The fourth-order valence-electron chi connectivity index (χ4n) is 2.21. The minimum Gasteiger partial charge on any atom is -0.481 e. The summed E-state index contributed by atoms with van der Waals surface area (Å²) < 4.78 is 4.98. The fourth-order valence-corrected chi connectivity index (χ4v) is 2.21. The predicted octanol–water partition coefficient (Wildman–Crippen LogP) is 2.04. The second-order valence-electron chi connectivity index (χ2n) is 7.06. The van der Waals surface area contributed by atoms with Gasteiger partial charge < -0.3 is 10.1 Å². The van der Waals surface area contributed by atoms with Crippen LogP contribution >= 0.6 is 0 Å². The third kappa shape index (κ3) is 5.67. The van der Waals surface area contributed by atoms with E-state index >= 15 is 0 Å². The van der Waals surface area contributed by atoms with Crippen molar-refractivity contribution in [2.45, 2.75) is 39.2 Å². The van der Waals surface area contributed by atoms with Crippen molar-refractivity contribution in [2.75, 3.05) is 12.5 Å². The van der Waals surface area contributed by atoms with Crippen LogP contribution in [0.2, 0.25) is 0 Å². The largest absolute Gasteiger partial charge is 0.481 e. The Labute approximate surface area is 158 Å². The van der Waals surface area contributed by atoms with Crippen molar-refractivity contribution >= 4 is 17.8 Å². The standard InChI is InChI=1S/C19H25N5O3/c1-12(16(25)23-24-18-20-11-10-15(22-18)27-5)21-17(26)13-6-8-14(9-7-13)19(2,3)4/h6-12H,1-5H3,(H,21,26)(H,23,25)(H,20,22,24). The van der Waals surface area contributed by atoms with Gasteiger partial charge in [-0.15, -0.1) is 0 Å². The third-order valence-corrected chi connectivity index (χ3v) is 3.89. The summed E-state index contributed by atoms with van der Waals surface area (Å²) in [5.74, 6) is -0.211. The van der Waals surface area contributed by atoms with Crippen LogP contribution in [-0.4, -0.2) is 34.9 Å². The van der Waals surface area contributed by atoms with E-state index in [9.17, 15) is 9.59 Å². The molecule has 3 N–H and O–H groups in total. The summed E-state index contributed by atoms with van der Waals surface area (Å²) in [6, 6.07) is 8.17. The highest BCUT2D eigenvalue weighted by Gasteiger charge is 2.18. The number of anilines is 1. The van der Waals surface area contributed by atoms with Gasteiger partial charge in [-0.2, -0.15) is 4.98 Å². The monoisotopic (exact) mass is 371 g/mol. The van der Waals surface area contributed by atoms with Crippen molar-refractivity contribution in [3.8, 4) is 5.88 Å². The normalized spacial score (nSPS) is 12.0. The zero-order chi connectivity index (χ0) is 20.0. The van der Waals surface area contributed by atoms with Gasteiger partial charge >= 0.3 is 0 Å². The first-order valence-electron chi connectivity index (χ1n) is 8.55. The molecule has 1 unspecified atom stereocenters. The number of nitrogens with one attached hydrogen (secondary N) is 3. The molecule has 2 rings (SSSR count). The van der Waals surface area contributed by atoms with E-state index in [-0.39, 0.29) is 17.3 Å². The number of rotatable bonds is 6. The molecule has 1 heterocycles. The molecule has 1 aromatic heterocycles.